The molecule has 1 fully saturated rings. The van der Waals surface area contributed by atoms with E-state index >= 15 is 0 Å². The van der Waals surface area contributed by atoms with Gasteiger partial charge in [0.1, 0.15) is 0 Å². The molecule has 1 N–H and O–H groups in total. The van der Waals surface area contributed by atoms with Crippen molar-refractivity contribution in [1.29, 1.82) is 0 Å². The number of aryl methyl sites for hydroxylation is 2. The number of anilines is 3. The van der Waals surface area contributed by atoms with E-state index in [0.29, 0.717) is 11.9 Å². The minimum Gasteiger partial charge on any atom is -0.341 e. The van der Waals surface area contributed by atoms with Gasteiger partial charge in [-0.3, -0.25) is 0 Å². The minimum atomic E-state index is 0.221. The predicted molar refractivity (Wildman–Crippen MR) is 85.5 cm³/mol. The summed E-state index contributed by atoms with van der Waals surface area (Å²) in [6.45, 7) is 6.12. The molecule has 1 aromatic carbocycles. The number of rotatable bonds is 3. The topological polar surface area (TPSA) is 53.9 Å². The van der Waals surface area contributed by atoms with Gasteiger partial charge in [-0.05, 0) is 61.5 Å². The first-order valence-corrected chi connectivity index (χ1v) is 7.50. The van der Waals surface area contributed by atoms with Gasteiger partial charge in [-0.2, -0.15) is 15.0 Å². The molecule has 0 bridgehead atoms. The molecule has 0 radical (unpaired) electrons. The van der Waals surface area contributed by atoms with Gasteiger partial charge in [0.25, 0.3) is 0 Å². The zero-order valence-corrected chi connectivity index (χ0v) is 13.0. The molecule has 2 heterocycles. The van der Waals surface area contributed by atoms with Crippen molar-refractivity contribution in [3.63, 3.8) is 0 Å². The molecule has 0 amide bonds. The normalized spacial score (nSPS) is 14.5. The van der Waals surface area contributed by atoms with Crippen LogP contribution in [0.5, 0.6) is 0 Å². The lowest BCUT2D eigenvalue weighted by molar-refractivity contribution is 0.883. The van der Waals surface area contributed by atoms with Crippen LogP contribution in [0.25, 0.3) is 0 Å². The Balaban J connectivity index is 1.85. The van der Waals surface area contributed by atoms with E-state index in [1.807, 2.05) is 6.07 Å². The third kappa shape index (κ3) is 3.24. The van der Waals surface area contributed by atoms with Crippen LogP contribution in [0, 0.1) is 13.8 Å². The van der Waals surface area contributed by atoms with Gasteiger partial charge in [-0.1, -0.05) is 6.07 Å². The summed E-state index contributed by atoms with van der Waals surface area (Å²) in [6, 6.07) is 6.15. The zero-order chi connectivity index (χ0) is 14.8. The Hall–Kier alpha value is -1.88. The first-order valence-electron chi connectivity index (χ1n) is 7.12. The quantitative estimate of drug-likeness (QED) is 0.940. The van der Waals surface area contributed by atoms with Crippen LogP contribution in [0.15, 0.2) is 18.2 Å². The second kappa shape index (κ2) is 5.85. The molecule has 6 heteroatoms. The molecule has 0 unspecified atom stereocenters. The fraction of sp³-hybridized carbons (Fsp3) is 0.400. The second-order valence-electron chi connectivity index (χ2n) is 5.35. The summed E-state index contributed by atoms with van der Waals surface area (Å²) in [4.78, 5) is 15.0. The minimum absolute atomic E-state index is 0.221. The maximum atomic E-state index is 6.02. The third-order valence-corrected chi connectivity index (χ3v) is 3.92. The predicted octanol–water partition coefficient (Wildman–Crippen LogP) is 3.49. The molecule has 0 spiro atoms. The standard InChI is InChI=1S/C15H18ClN5/c1-10-5-6-12(9-11(10)2)17-14-18-13(16)19-15(20-14)21-7-3-4-8-21/h5-6,9H,3-4,7-8H2,1-2H3,(H,17,18,19,20). The van der Waals surface area contributed by atoms with Crippen LogP contribution in [-0.2, 0) is 0 Å². The van der Waals surface area contributed by atoms with Gasteiger partial charge in [-0.15, -0.1) is 0 Å². The molecule has 2 aromatic rings. The lowest BCUT2D eigenvalue weighted by Gasteiger charge is -2.16. The van der Waals surface area contributed by atoms with Gasteiger partial charge in [0, 0.05) is 18.8 Å². The fourth-order valence-electron chi connectivity index (χ4n) is 2.40. The van der Waals surface area contributed by atoms with E-state index in [4.69, 9.17) is 11.6 Å². The summed E-state index contributed by atoms with van der Waals surface area (Å²) >= 11 is 6.02. The van der Waals surface area contributed by atoms with Crippen molar-refractivity contribution in [2.24, 2.45) is 0 Å². The monoisotopic (exact) mass is 303 g/mol. The van der Waals surface area contributed by atoms with Crippen LogP contribution >= 0.6 is 11.6 Å². The SMILES string of the molecule is Cc1ccc(Nc2nc(Cl)nc(N3CCCC3)n2)cc1C. The zero-order valence-electron chi connectivity index (χ0n) is 12.2. The van der Waals surface area contributed by atoms with Crippen LogP contribution in [0.4, 0.5) is 17.6 Å². The van der Waals surface area contributed by atoms with Crippen molar-refractivity contribution in [1.82, 2.24) is 15.0 Å². The van der Waals surface area contributed by atoms with Crippen molar-refractivity contribution >= 4 is 29.2 Å². The Morgan fingerprint density at radius 1 is 1.05 bits per heavy atom. The smallest absolute Gasteiger partial charge is 0.233 e. The molecule has 21 heavy (non-hydrogen) atoms. The van der Waals surface area contributed by atoms with Crippen LogP contribution in [-0.4, -0.2) is 28.0 Å². The van der Waals surface area contributed by atoms with Crippen molar-refractivity contribution in [2.45, 2.75) is 26.7 Å². The highest BCUT2D eigenvalue weighted by Crippen LogP contribution is 2.21. The number of hydrogen-bond donors (Lipinski definition) is 1. The van der Waals surface area contributed by atoms with Gasteiger partial charge in [0.05, 0.1) is 0 Å². The second-order valence-corrected chi connectivity index (χ2v) is 5.68. The maximum Gasteiger partial charge on any atom is 0.233 e. The number of benzene rings is 1. The number of nitrogens with zero attached hydrogens (tertiary/aromatic N) is 4. The van der Waals surface area contributed by atoms with Gasteiger partial charge < -0.3 is 10.2 Å². The Labute approximate surface area is 129 Å². The van der Waals surface area contributed by atoms with E-state index < -0.39 is 0 Å². The highest BCUT2D eigenvalue weighted by molar-refractivity contribution is 6.28. The average molecular weight is 304 g/mol. The highest BCUT2D eigenvalue weighted by Gasteiger charge is 2.17. The number of nitrogens with one attached hydrogen (secondary N) is 1. The lowest BCUT2D eigenvalue weighted by Crippen LogP contribution is -2.21. The van der Waals surface area contributed by atoms with E-state index in [9.17, 15) is 0 Å². The Morgan fingerprint density at radius 3 is 2.52 bits per heavy atom. The molecule has 0 atom stereocenters. The van der Waals surface area contributed by atoms with E-state index in [-0.39, 0.29) is 5.28 Å². The van der Waals surface area contributed by atoms with Crippen LogP contribution in [0.1, 0.15) is 24.0 Å². The van der Waals surface area contributed by atoms with E-state index in [1.54, 1.807) is 0 Å². The van der Waals surface area contributed by atoms with Gasteiger partial charge >= 0.3 is 0 Å². The van der Waals surface area contributed by atoms with Gasteiger partial charge in [0.15, 0.2) is 0 Å². The van der Waals surface area contributed by atoms with Crippen LogP contribution in [0.3, 0.4) is 0 Å². The van der Waals surface area contributed by atoms with Crippen molar-refractivity contribution < 1.29 is 0 Å². The van der Waals surface area contributed by atoms with Gasteiger partial charge in [0.2, 0.25) is 17.2 Å². The molecule has 5 nitrogen and oxygen atoms in total. The average Bonchev–Trinajstić information content (AvgIpc) is 2.96. The maximum absolute atomic E-state index is 6.02. The van der Waals surface area contributed by atoms with Crippen LogP contribution < -0.4 is 10.2 Å². The lowest BCUT2D eigenvalue weighted by atomic mass is 10.1. The summed E-state index contributed by atoms with van der Waals surface area (Å²) in [5, 5.41) is 3.42. The summed E-state index contributed by atoms with van der Waals surface area (Å²) in [5.74, 6) is 1.14. The van der Waals surface area contributed by atoms with Crippen LogP contribution in [0.2, 0.25) is 5.28 Å². The summed E-state index contributed by atoms with van der Waals surface area (Å²) < 4.78 is 0. The van der Waals surface area contributed by atoms with Crippen molar-refractivity contribution in [3.05, 3.63) is 34.6 Å². The molecule has 1 aliphatic rings. The molecule has 0 aliphatic carbocycles. The molecule has 1 saturated heterocycles. The first kappa shape index (κ1) is 14.1. The molecule has 110 valence electrons. The van der Waals surface area contributed by atoms with Crippen molar-refractivity contribution in [3.8, 4) is 0 Å². The highest BCUT2D eigenvalue weighted by atomic mass is 35.5. The van der Waals surface area contributed by atoms with E-state index in [1.165, 1.54) is 24.0 Å². The van der Waals surface area contributed by atoms with Gasteiger partial charge in [-0.25, -0.2) is 0 Å². The number of aromatic nitrogens is 3. The molecule has 3 rings (SSSR count). The molecule has 0 saturated carbocycles. The first-order chi connectivity index (χ1) is 10.1. The summed E-state index contributed by atoms with van der Waals surface area (Å²) in [6.07, 6.45) is 2.34. The largest absolute Gasteiger partial charge is 0.341 e. The number of halogens is 1. The number of hydrogen-bond acceptors (Lipinski definition) is 5. The Bertz CT molecular complexity index is 653. The molecule has 1 aromatic heterocycles. The Kier molecular flexibility index (Phi) is 3.92. The van der Waals surface area contributed by atoms with Crippen molar-refractivity contribution in [2.75, 3.05) is 23.3 Å². The summed E-state index contributed by atoms with van der Waals surface area (Å²) in [5.41, 5.74) is 3.43. The molecular formula is C15H18ClN5. The molecular weight excluding hydrogens is 286 g/mol. The third-order valence-electron chi connectivity index (χ3n) is 3.75. The van der Waals surface area contributed by atoms with E-state index in [2.05, 4.69) is 51.1 Å². The fourth-order valence-corrected chi connectivity index (χ4v) is 2.56. The summed E-state index contributed by atoms with van der Waals surface area (Å²) in [7, 11) is 0. The Morgan fingerprint density at radius 2 is 1.81 bits per heavy atom. The molecule has 1 aliphatic heterocycles. The van der Waals surface area contributed by atoms with E-state index in [0.717, 1.165) is 18.8 Å².